The van der Waals surface area contributed by atoms with E-state index >= 15 is 0 Å². The number of pyridine rings is 4. The highest BCUT2D eigenvalue weighted by Crippen LogP contribution is 2.42. The van der Waals surface area contributed by atoms with E-state index in [1.165, 1.54) is 0 Å². The second-order valence-corrected chi connectivity index (χ2v) is 15.3. The SMILES string of the molecule is c1ccc(-c2ccnc3cc4c(-c5ccccc5)cc(-c5ccc(-c6cc(-c7ccccc7)c7cc8nccc(-c9ccccc9)c8cc7n6)s5)nc4cc23)cc1. The lowest BCUT2D eigenvalue weighted by molar-refractivity contribution is 1.39. The highest BCUT2D eigenvalue weighted by molar-refractivity contribution is 7.18. The van der Waals surface area contributed by atoms with Crippen LogP contribution in [-0.2, 0) is 0 Å². The Balaban J connectivity index is 1.09. The van der Waals surface area contributed by atoms with Crippen molar-refractivity contribution in [1.82, 2.24) is 19.9 Å². The Morgan fingerprint density at radius 1 is 0.298 bits per heavy atom. The second kappa shape index (κ2) is 13.7. The molecule has 11 rings (SSSR count). The maximum absolute atomic E-state index is 5.37. The smallest absolute Gasteiger partial charge is 0.0815 e. The third-order valence-electron chi connectivity index (χ3n) is 10.8. The van der Waals surface area contributed by atoms with E-state index in [0.717, 1.165) is 109 Å². The summed E-state index contributed by atoms with van der Waals surface area (Å²) in [5, 5.41) is 4.32. The molecule has 0 aliphatic rings. The number of nitrogens with zero attached hydrogens (tertiary/aromatic N) is 4. The van der Waals surface area contributed by atoms with Gasteiger partial charge in [0.2, 0.25) is 0 Å². The fourth-order valence-corrected chi connectivity index (χ4v) is 8.98. The molecule has 57 heavy (non-hydrogen) atoms. The maximum Gasteiger partial charge on any atom is 0.0815 e. The Morgan fingerprint density at radius 3 is 1.02 bits per heavy atom. The van der Waals surface area contributed by atoms with Crippen LogP contribution in [0.15, 0.2) is 194 Å². The van der Waals surface area contributed by atoms with Gasteiger partial charge in [0.25, 0.3) is 0 Å². The minimum atomic E-state index is 0.927. The van der Waals surface area contributed by atoms with Crippen molar-refractivity contribution < 1.29 is 0 Å². The Kier molecular flexibility index (Phi) is 7.97. The van der Waals surface area contributed by atoms with Crippen LogP contribution in [0.5, 0.6) is 0 Å². The Morgan fingerprint density at radius 2 is 0.632 bits per heavy atom. The number of benzene rings is 6. The highest BCUT2D eigenvalue weighted by Gasteiger charge is 2.18. The van der Waals surface area contributed by atoms with Gasteiger partial charge in [-0.05, 0) is 105 Å². The van der Waals surface area contributed by atoms with Crippen molar-refractivity contribution in [2.24, 2.45) is 0 Å². The second-order valence-electron chi connectivity index (χ2n) is 14.2. The van der Waals surface area contributed by atoms with Gasteiger partial charge in [0.1, 0.15) is 0 Å². The first-order valence-corrected chi connectivity index (χ1v) is 19.8. The van der Waals surface area contributed by atoms with Crippen molar-refractivity contribution in [2.75, 3.05) is 0 Å². The minimum absolute atomic E-state index is 0.927. The van der Waals surface area contributed by atoms with Gasteiger partial charge >= 0.3 is 0 Å². The van der Waals surface area contributed by atoms with Crippen molar-refractivity contribution in [3.63, 3.8) is 0 Å². The molecule has 0 saturated heterocycles. The minimum Gasteiger partial charge on any atom is -0.256 e. The van der Waals surface area contributed by atoms with Crippen molar-refractivity contribution >= 4 is 54.9 Å². The van der Waals surface area contributed by atoms with E-state index in [1.807, 2.05) is 12.4 Å². The number of rotatable bonds is 6. The molecule has 0 spiro atoms. The van der Waals surface area contributed by atoms with Gasteiger partial charge in [0.05, 0.1) is 43.2 Å². The molecule has 0 N–H and O–H groups in total. The lowest BCUT2D eigenvalue weighted by Gasteiger charge is -2.13. The van der Waals surface area contributed by atoms with E-state index in [1.54, 1.807) is 11.3 Å². The van der Waals surface area contributed by atoms with Gasteiger partial charge < -0.3 is 0 Å². The molecule has 4 nitrogen and oxygen atoms in total. The summed E-state index contributed by atoms with van der Waals surface area (Å²) in [5.41, 5.74) is 14.8. The van der Waals surface area contributed by atoms with Gasteiger partial charge in [-0.2, -0.15) is 0 Å². The molecule has 0 radical (unpaired) electrons. The molecule has 0 atom stereocenters. The number of hydrogen-bond donors (Lipinski definition) is 0. The van der Waals surface area contributed by atoms with Crippen LogP contribution in [0.2, 0.25) is 0 Å². The summed E-state index contributed by atoms with van der Waals surface area (Å²) in [4.78, 5) is 22.5. The molecule has 6 aromatic carbocycles. The Bertz CT molecular complexity index is 3050. The molecule has 0 unspecified atom stereocenters. The quantitative estimate of drug-likeness (QED) is 0.159. The van der Waals surface area contributed by atoms with E-state index in [0.29, 0.717) is 0 Å². The normalized spacial score (nSPS) is 11.5. The lowest BCUT2D eigenvalue weighted by atomic mass is 9.96. The fraction of sp³-hybridized carbons (Fsp3) is 0. The van der Waals surface area contributed by atoms with Crippen molar-refractivity contribution in [2.45, 2.75) is 0 Å². The predicted molar refractivity (Wildman–Crippen MR) is 238 cm³/mol. The number of aromatic nitrogens is 4. The molecule has 0 aliphatic carbocycles. The average Bonchev–Trinajstić information content (AvgIpc) is 3.78. The van der Waals surface area contributed by atoms with Crippen molar-refractivity contribution in [3.05, 3.63) is 194 Å². The van der Waals surface area contributed by atoms with Gasteiger partial charge in [-0.3, -0.25) is 9.97 Å². The highest BCUT2D eigenvalue weighted by atomic mass is 32.1. The van der Waals surface area contributed by atoms with Crippen LogP contribution >= 0.6 is 11.3 Å². The van der Waals surface area contributed by atoms with E-state index in [2.05, 4.69) is 182 Å². The summed E-state index contributed by atoms with van der Waals surface area (Å²) in [6, 6.07) is 64.0. The van der Waals surface area contributed by atoms with Crippen LogP contribution < -0.4 is 0 Å². The molecule has 11 aromatic rings. The first-order valence-electron chi connectivity index (χ1n) is 19.0. The summed E-state index contributed by atoms with van der Waals surface area (Å²) >= 11 is 1.72. The van der Waals surface area contributed by atoms with Crippen LogP contribution in [0, 0.1) is 0 Å². The van der Waals surface area contributed by atoms with Gasteiger partial charge in [-0.15, -0.1) is 11.3 Å². The standard InChI is InChI=1S/C52H32N4S/c1-5-13-33(14-6-1)37-23-25-53-45-29-43-39(35-17-9-3-10-18-35)27-49(55-47(43)31-41(37)45)51-21-22-52(57-51)50-28-40(36-19-11-4-12-20-36)44-30-46-42(32-48(44)56-50)38(24-26-54-46)34-15-7-2-8-16-34/h1-32H. The predicted octanol–water partition coefficient (Wildman–Crippen LogP) is 13.9. The summed E-state index contributed by atoms with van der Waals surface area (Å²) in [5.74, 6) is 0. The molecule has 0 saturated carbocycles. The molecular weight excluding hydrogens is 713 g/mol. The van der Waals surface area contributed by atoms with Crippen molar-refractivity contribution in [3.8, 4) is 65.6 Å². The van der Waals surface area contributed by atoms with Gasteiger partial charge in [0.15, 0.2) is 0 Å². The molecule has 0 amide bonds. The van der Waals surface area contributed by atoms with E-state index in [-0.39, 0.29) is 0 Å². The van der Waals surface area contributed by atoms with E-state index < -0.39 is 0 Å². The van der Waals surface area contributed by atoms with Crippen LogP contribution in [0.4, 0.5) is 0 Å². The molecule has 0 aliphatic heterocycles. The summed E-state index contributed by atoms with van der Waals surface area (Å²) < 4.78 is 0. The van der Waals surface area contributed by atoms with Gasteiger partial charge in [-0.25, -0.2) is 9.97 Å². The third kappa shape index (κ3) is 5.93. The largest absolute Gasteiger partial charge is 0.256 e. The molecular formula is C52H32N4S. The number of fused-ring (bicyclic) bond motifs is 4. The van der Waals surface area contributed by atoms with E-state index in [4.69, 9.17) is 19.9 Å². The summed E-state index contributed by atoms with van der Waals surface area (Å²) in [7, 11) is 0. The Hall–Kier alpha value is -7.34. The zero-order valence-electron chi connectivity index (χ0n) is 30.7. The first kappa shape index (κ1) is 33.0. The zero-order valence-corrected chi connectivity index (χ0v) is 31.5. The number of hydrogen-bond acceptors (Lipinski definition) is 5. The molecule has 0 bridgehead atoms. The Labute approximate surface area is 333 Å². The van der Waals surface area contributed by atoms with Crippen LogP contribution in [0.3, 0.4) is 0 Å². The third-order valence-corrected chi connectivity index (χ3v) is 11.9. The lowest BCUT2D eigenvalue weighted by Crippen LogP contribution is -1.92. The maximum atomic E-state index is 5.37. The van der Waals surface area contributed by atoms with Gasteiger partial charge in [-0.1, -0.05) is 121 Å². The van der Waals surface area contributed by atoms with Crippen molar-refractivity contribution in [1.29, 1.82) is 0 Å². The van der Waals surface area contributed by atoms with Crippen LogP contribution in [-0.4, -0.2) is 19.9 Å². The van der Waals surface area contributed by atoms with Gasteiger partial charge in [0, 0.05) is 33.9 Å². The summed E-state index contributed by atoms with van der Waals surface area (Å²) in [6.07, 6.45) is 3.80. The average molecular weight is 745 g/mol. The molecule has 266 valence electrons. The molecule has 0 fully saturated rings. The topological polar surface area (TPSA) is 51.6 Å². The zero-order chi connectivity index (χ0) is 37.7. The van der Waals surface area contributed by atoms with Crippen LogP contribution in [0.1, 0.15) is 0 Å². The molecule has 5 heterocycles. The number of thiophene rings is 1. The van der Waals surface area contributed by atoms with Crippen LogP contribution in [0.25, 0.3) is 109 Å². The van der Waals surface area contributed by atoms with E-state index in [9.17, 15) is 0 Å². The molecule has 5 aromatic heterocycles. The first-order chi connectivity index (χ1) is 28.2. The fourth-order valence-electron chi connectivity index (χ4n) is 8.05. The molecule has 5 heteroatoms. The monoisotopic (exact) mass is 744 g/mol. The summed E-state index contributed by atoms with van der Waals surface area (Å²) in [6.45, 7) is 0.